The minimum atomic E-state index is -1.25. The summed E-state index contributed by atoms with van der Waals surface area (Å²) in [5, 5.41) is 11.6. The number of benzene rings is 4. The van der Waals surface area contributed by atoms with Crippen molar-refractivity contribution in [2.24, 2.45) is 0 Å². The molecule has 0 aliphatic carbocycles. The second-order valence-corrected chi connectivity index (χ2v) is 8.20. The summed E-state index contributed by atoms with van der Waals surface area (Å²) < 4.78 is 0. The third kappa shape index (κ3) is 3.90. The summed E-state index contributed by atoms with van der Waals surface area (Å²) in [4.78, 5) is 14.5. The Balaban J connectivity index is 1.94. The molecular formula is C30H28O2. The Morgan fingerprint density at radius 3 is 1.22 bits per heavy atom. The molecule has 2 nitrogen and oxygen atoms in total. The van der Waals surface area contributed by atoms with Crippen LogP contribution in [0.2, 0.25) is 0 Å². The highest BCUT2D eigenvalue weighted by Gasteiger charge is 2.46. The maximum Gasteiger partial charge on any atom is 0.155 e. The molecule has 0 bridgehead atoms. The molecule has 0 radical (unpaired) electrons. The van der Waals surface area contributed by atoms with Crippen LogP contribution in [0.3, 0.4) is 0 Å². The number of ketones is 1. The summed E-state index contributed by atoms with van der Waals surface area (Å²) in [5.41, 5.74) is 1.18. The second-order valence-electron chi connectivity index (χ2n) is 8.20. The zero-order chi connectivity index (χ0) is 22.4. The van der Waals surface area contributed by atoms with Gasteiger partial charge in [0.15, 0.2) is 5.78 Å². The lowest BCUT2D eigenvalue weighted by Crippen LogP contribution is -2.42. The third-order valence-corrected chi connectivity index (χ3v) is 6.39. The Kier molecular flexibility index (Phi) is 6.34. The average Bonchev–Trinajstić information content (AvgIpc) is 2.87. The topological polar surface area (TPSA) is 37.3 Å². The van der Waals surface area contributed by atoms with Gasteiger partial charge in [-0.15, -0.1) is 0 Å². The van der Waals surface area contributed by atoms with Crippen molar-refractivity contribution in [3.05, 3.63) is 144 Å². The first-order valence-electron chi connectivity index (χ1n) is 11.1. The van der Waals surface area contributed by atoms with E-state index in [0.29, 0.717) is 6.42 Å². The van der Waals surface area contributed by atoms with E-state index in [0.717, 1.165) is 22.3 Å². The summed E-state index contributed by atoms with van der Waals surface area (Å²) >= 11 is 0. The van der Waals surface area contributed by atoms with E-state index in [-0.39, 0.29) is 12.2 Å². The number of Topliss-reactive ketones (excluding diaryl/α,β-unsaturated/α-hetero) is 1. The maximum atomic E-state index is 14.5. The van der Waals surface area contributed by atoms with Crippen molar-refractivity contribution in [2.45, 2.75) is 30.8 Å². The molecule has 0 heterocycles. The van der Waals surface area contributed by atoms with Crippen LogP contribution in [0, 0.1) is 0 Å². The van der Waals surface area contributed by atoms with E-state index >= 15 is 0 Å². The van der Waals surface area contributed by atoms with Gasteiger partial charge in [0.2, 0.25) is 0 Å². The molecule has 2 heteroatoms. The molecule has 32 heavy (non-hydrogen) atoms. The highest BCUT2D eigenvalue weighted by atomic mass is 16.3. The Morgan fingerprint density at radius 1 is 0.594 bits per heavy atom. The van der Waals surface area contributed by atoms with Gasteiger partial charge >= 0.3 is 0 Å². The van der Waals surface area contributed by atoms with Crippen LogP contribution in [0.15, 0.2) is 121 Å². The quantitative estimate of drug-likeness (QED) is 0.341. The van der Waals surface area contributed by atoms with E-state index in [9.17, 15) is 9.90 Å². The largest absolute Gasteiger partial charge is 0.385 e. The molecule has 0 aromatic heterocycles. The number of carbonyl (C=O) groups is 1. The van der Waals surface area contributed by atoms with Gasteiger partial charge in [0.25, 0.3) is 0 Å². The summed E-state index contributed by atoms with van der Waals surface area (Å²) in [6, 6.07) is 39.2. The van der Waals surface area contributed by atoms with Crippen molar-refractivity contribution in [3.8, 4) is 0 Å². The van der Waals surface area contributed by atoms with Crippen LogP contribution in [0.5, 0.6) is 0 Å². The van der Waals surface area contributed by atoms with E-state index in [1.54, 1.807) is 0 Å². The van der Waals surface area contributed by atoms with Crippen molar-refractivity contribution in [1.29, 1.82) is 0 Å². The summed E-state index contributed by atoms with van der Waals surface area (Å²) in [5.74, 6) is -0.0331. The number of aliphatic hydroxyl groups is 1. The van der Waals surface area contributed by atoms with Crippen LogP contribution < -0.4 is 0 Å². The van der Waals surface area contributed by atoms with Crippen LogP contribution in [0.1, 0.15) is 42.0 Å². The van der Waals surface area contributed by atoms with Crippen LogP contribution in [0.25, 0.3) is 0 Å². The Bertz CT molecular complexity index is 1040. The highest BCUT2D eigenvalue weighted by molar-refractivity contribution is 5.98. The first-order valence-corrected chi connectivity index (χ1v) is 11.1. The number of hydrogen-bond acceptors (Lipinski definition) is 2. The molecule has 4 aromatic rings. The molecule has 0 spiro atoms. The minimum absolute atomic E-state index is 0.00615. The maximum absolute atomic E-state index is 14.5. The first kappa shape index (κ1) is 21.7. The summed E-state index contributed by atoms with van der Waals surface area (Å²) in [6.45, 7) is 1.93. The minimum Gasteiger partial charge on any atom is -0.385 e. The number of hydrogen-bond donors (Lipinski definition) is 1. The zero-order valence-corrected chi connectivity index (χ0v) is 18.3. The van der Waals surface area contributed by atoms with Gasteiger partial charge in [-0.2, -0.15) is 0 Å². The van der Waals surface area contributed by atoms with Crippen LogP contribution in [-0.2, 0) is 15.8 Å². The van der Waals surface area contributed by atoms with Crippen molar-refractivity contribution in [2.75, 3.05) is 0 Å². The molecule has 0 saturated carbocycles. The molecule has 0 aliphatic rings. The molecule has 1 unspecified atom stereocenters. The standard InChI is InChI=1S/C30H28O2/c1-2-29(32,24-15-7-3-8-16-24)23-28(31)30(25-17-9-4-10-18-25,26-19-11-5-12-20-26)27-21-13-6-14-22-27/h3-22,32H,2,23H2,1H3. The van der Waals surface area contributed by atoms with Gasteiger partial charge < -0.3 is 5.11 Å². The molecule has 4 aromatic carbocycles. The van der Waals surface area contributed by atoms with Crippen molar-refractivity contribution in [1.82, 2.24) is 0 Å². The lowest BCUT2D eigenvalue weighted by Gasteiger charge is -2.37. The van der Waals surface area contributed by atoms with Gasteiger partial charge in [0, 0.05) is 6.42 Å². The predicted octanol–water partition coefficient (Wildman–Crippen LogP) is 6.28. The van der Waals surface area contributed by atoms with Crippen LogP contribution in [-0.4, -0.2) is 10.9 Å². The molecule has 0 fully saturated rings. The van der Waals surface area contributed by atoms with Crippen LogP contribution in [0.4, 0.5) is 0 Å². The smallest absolute Gasteiger partial charge is 0.155 e. The predicted molar refractivity (Wildman–Crippen MR) is 129 cm³/mol. The van der Waals surface area contributed by atoms with Gasteiger partial charge in [-0.25, -0.2) is 0 Å². The molecule has 1 N–H and O–H groups in total. The second kappa shape index (κ2) is 9.33. The van der Waals surface area contributed by atoms with Gasteiger partial charge in [0.1, 0.15) is 5.41 Å². The molecule has 1 atom stereocenters. The Morgan fingerprint density at radius 2 is 0.906 bits per heavy atom. The SMILES string of the molecule is CCC(O)(CC(=O)C(c1ccccc1)(c1ccccc1)c1ccccc1)c1ccccc1. The van der Waals surface area contributed by atoms with Gasteiger partial charge in [0.05, 0.1) is 5.60 Å². The molecule has 0 amide bonds. The van der Waals surface area contributed by atoms with Gasteiger partial charge in [-0.05, 0) is 28.7 Å². The Hall–Kier alpha value is -3.49. The van der Waals surface area contributed by atoms with E-state index in [1.165, 1.54) is 0 Å². The van der Waals surface area contributed by atoms with E-state index < -0.39 is 11.0 Å². The number of carbonyl (C=O) groups excluding carboxylic acids is 1. The monoisotopic (exact) mass is 420 g/mol. The highest BCUT2D eigenvalue weighted by Crippen LogP contribution is 2.43. The average molecular weight is 421 g/mol. The molecule has 160 valence electrons. The normalized spacial score (nSPS) is 13.3. The third-order valence-electron chi connectivity index (χ3n) is 6.39. The fraction of sp³-hybridized carbons (Fsp3) is 0.167. The fourth-order valence-electron chi connectivity index (χ4n) is 4.63. The number of rotatable bonds is 8. The summed E-state index contributed by atoms with van der Waals surface area (Å²) in [6.07, 6.45) is 0.448. The molecule has 4 rings (SSSR count). The van der Waals surface area contributed by atoms with Gasteiger partial charge in [-0.1, -0.05) is 128 Å². The van der Waals surface area contributed by atoms with Gasteiger partial charge in [-0.3, -0.25) is 4.79 Å². The van der Waals surface area contributed by atoms with E-state index in [4.69, 9.17) is 0 Å². The molecule has 0 aliphatic heterocycles. The molecular weight excluding hydrogens is 392 g/mol. The van der Waals surface area contributed by atoms with Crippen molar-refractivity contribution < 1.29 is 9.90 Å². The lowest BCUT2D eigenvalue weighted by atomic mass is 9.64. The fourth-order valence-corrected chi connectivity index (χ4v) is 4.63. The van der Waals surface area contributed by atoms with Crippen molar-refractivity contribution in [3.63, 3.8) is 0 Å². The Labute approximate surface area is 190 Å². The van der Waals surface area contributed by atoms with E-state index in [2.05, 4.69) is 0 Å². The van der Waals surface area contributed by atoms with Crippen LogP contribution >= 0.6 is 0 Å². The van der Waals surface area contributed by atoms with E-state index in [1.807, 2.05) is 128 Å². The zero-order valence-electron chi connectivity index (χ0n) is 18.3. The molecule has 0 saturated heterocycles. The summed E-state index contributed by atoms with van der Waals surface area (Å²) in [7, 11) is 0. The first-order chi connectivity index (χ1) is 15.6. The lowest BCUT2D eigenvalue weighted by molar-refractivity contribution is -0.127. The van der Waals surface area contributed by atoms with Crippen molar-refractivity contribution >= 4 is 5.78 Å².